The molecule has 0 saturated carbocycles. The second kappa shape index (κ2) is 16.5. The van der Waals surface area contributed by atoms with Crippen LogP contribution in [0, 0.1) is 0 Å². The molecule has 2 unspecified atom stereocenters. The van der Waals surface area contributed by atoms with Gasteiger partial charge >= 0.3 is 5.97 Å². The summed E-state index contributed by atoms with van der Waals surface area (Å²) in [7, 11) is -3.67. The van der Waals surface area contributed by atoms with Crippen molar-refractivity contribution in [3.63, 3.8) is 0 Å². The van der Waals surface area contributed by atoms with Crippen molar-refractivity contribution in [2.45, 2.75) is 103 Å². The molecule has 0 aromatic heterocycles. The number of amides is 1. The first-order valence-electron chi connectivity index (χ1n) is 12.9. The van der Waals surface area contributed by atoms with Crippen LogP contribution in [0.15, 0.2) is 24.3 Å². The smallest absolute Gasteiger partial charge is 0.326 e. The summed E-state index contributed by atoms with van der Waals surface area (Å²) in [5.41, 5.74) is 0.641. The van der Waals surface area contributed by atoms with E-state index in [4.69, 9.17) is 0 Å². The number of sulfonamides is 1. The number of phenols is 1. The van der Waals surface area contributed by atoms with Crippen LogP contribution in [-0.2, 0) is 26.0 Å². The molecule has 2 atom stereocenters. The van der Waals surface area contributed by atoms with Crippen LogP contribution in [0.2, 0.25) is 0 Å². The molecular formula is C26H44N2O6S. The summed E-state index contributed by atoms with van der Waals surface area (Å²) in [6, 6.07) is 3.96. The van der Waals surface area contributed by atoms with Gasteiger partial charge in [-0.3, -0.25) is 4.79 Å². The third kappa shape index (κ3) is 12.4. The van der Waals surface area contributed by atoms with E-state index < -0.39 is 34.0 Å². The molecule has 0 aliphatic heterocycles. The SMILES string of the molecule is CCCCCCCCC(C(=O)NC(Cc1ccc(O)cc1)C(=O)O)N(CCCCCC)S(C)(=O)=O. The van der Waals surface area contributed by atoms with Crippen LogP contribution in [0.5, 0.6) is 5.75 Å². The number of nitrogens with one attached hydrogen (secondary N) is 1. The van der Waals surface area contributed by atoms with Crippen LogP contribution >= 0.6 is 0 Å². The molecule has 1 rings (SSSR count). The topological polar surface area (TPSA) is 124 Å². The predicted molar refractivity (Wildman–Crippen MR) is 139 cm³/mol. The summed E-state index contributed by atoms with van der Waals surface area (Å²) in [5, 5.41) is 21.8. The summed E-state index contributed by atoms with van der Waals surface area (Å²) in [6.45, 7) is 4.45. The number of hydrogen-bond donors (Lipinski definition) is 3. The van der Waals surface area contributed by atoms with E-state index in [2.05, 4.69) is 19.2 Å². The third-order valence-corrected chi connectivity index (χ3v) is 7.42. The number of aromatic hydroxyl groups is 1. The molecule has 0 aliphatic rings. The molecule has 0 aliphatic carbocycles. The van der Waals surface area contributed by atoms with Crippen LogP contribution in [0.3, 0.4) is 0 Å². The molecule has 0 heterocycles. The first-order chi connectivity index (χ1) is 16.6. The van der Waals surface area contributed by atoms with Gasteiger partial charge in [0.1, 0.15) is 17.8 Å². The predicted octanol–water partition coefficient (Wildman–Crippen LogP) is 4.47. The third-order valence-electron chi connectivity index (χ3n) is 6.13. The van der Waals surface area contributed by atoms with Crippen LogP contribution in [0.1, 0.15) is 90.0 Å². The van der Waals surface area contributed by atoms with E-state index in [0.29, 0.717) is 24.8 Å². The Labute approximate surface area is 211 Å². The number of benzene rings is 1. The van der Waals surface area contributed by atoms with Crippen LogP contribution in [0.4, 0.5) is 0 Å². The lowest BCUT2D eigenvalue weighted by Gasteiger charge is -2.30. The highest BCUT2D eigenvalue weighted by atomic mass is 32.2. The number of carbonyl (C=O) groups excluding carboxylic acids is 1. The van der Waals surface area contributed by atoms with Gasteiger partial charge in [-0.15, -0.1) is 0 Å². The van der Waals surface area contributed by atoms with Gasteiger partial charge in [-0.25, -0.2) is 13.2 Å². The van der Waals surface area contributed by atoms with E-state index in [9.17, 15) is 28.2 Å². The van der Waals surface area contributed by atoms with Gasteiger partial charge in [0.15, 0.2) is 0 Å². The summed E-state index contributed by atoms with van der Waals surface area (Å²) in [5.74, 6) is -1.71. The van der Waals surface area contributed by atoms with Crippen molar-refractivity contribution in [1.82, 2.24) is 9.62 Å². The second-order valence-electron chi connectivity index (χ2n) is 9.28. The quantitative estimate of drug-likeness (QED) is 0.235. The monoisotopic (exact) mass is 512 g/mol. The Kier molecular flexibility index (Phi) is 14.6. The van der Waals surface area contributed by atoms with Crippen molar-refractivity contribution < 1.29 is 28.2 Å². The lowest BCUT2D eigenvalue weighted by Crippen LogP contribution is -2.53. The number of unbranched alkanes of at least 4 members (excludes halogenated alkanes) is 8. The second-order valence-corrected chi connectivity index (χ2v) is 11.2. The zero-order chi connectivity index (χ0) is 26.3. The number of rotatable bonds is 19. The minimum absolute atomic E-state index is 0.0282. The van der Waals surface area contributed by atoms with E-state index in [-0.39, 0.29) is 18.7 Å². The van der Waals surface area contributed by atoms with E-state index >= 15 is 0 Å². The number of carboxylic acid groups (broad SMARTS) is 1. The van der Waals surface area contributed by atoms with Crippen LogP contribution in [-0.4, -0.2) is 59.7 Å². The molecule has 0 saturated heterocycles. The molecule has 8 nitrogen and oxygen atoms in total. The fourth-order valence-electron chi connectivity index (χ4n) is 4.11. The standard InChI is InChI=1S/C26H44N2O6S/c1-4-6-8-10-11-12-14-24(28(35(3,33)34)19-13-9-7-5-2)25(30)27-23(26(31)32)20-21-15-17-22(29)18-16-21/h15-18,23-24,29H,4-14,19-20H2,1-3H3,(H,27,30)(H,31,32). The average molecular weight is 513 g/mol. The zero-order valence-electron chi connectivity index (χ0n) is 21.5. The average Bonchev–Trinajstić information content (AvgIpc) is 2.79. The Hall–Kier alpha value is -2.13. The molecular weight excluding hydrogens is 468 g/mol. The van der Waals surface area contributed by atoms with Crippen LogP contribution < -0.4 is 5.32 Å². The number of carboxylic acids is 1. The highest BCUT2D eigenvalue weighted by Gasteiger charge is 2.34. The van der Waals surface area contributed by atoms with Gasteiger partial charge in [0, 0.05) is 13.0 Å². The molecule has 0 bridgehead atoms. The minimum Gasteiger partial charge on any atom is -0.508 e. The summed E-state index contributed by atoms with van der Waals surface area (Å²) >= 11 is 0. The fraction of sp³-hybridized carbons (Fsp3) is 0.692. The molecule has 3 N–H and O–H groups in total. The number of nitrogens with zero attached hydrogens (tertiary/aromatic N) is 1. The maximum Gasteiger partial charge on any atom is 0.326 e. The number of hydrogen-bond acceptors (Lipinski definition) is 5. The Morgan fingerprint density at radius 1 is 0.914 bits per heavy atom. The van der Waals surface area contributed by atoms with Crippen molar-refractivity contribution in [2.75, 3.05) is 12.8 Å². The Morgan fingerprint density at radius 3 is 2.00 bits per heavy atom. The fourth-order valence-corrected chi connectivity index (χ4v) is 5.23. The molecule has 0 fully saturated rings. The maximum atomic E-state index is 13.3. The largest absolute Gasteiger partial charge is 0.508 e. The van der Waals surface area contributed by atoms with Gasteiger partial charge < -0.3 is 15.5 Å². The Balaban J connectivity index is 3.01. The molecule has 9 heteroatoms. The molecule has 0 spiro atoms. The zero-order valence-corrected chi connectivity index (χ0v) is 22.4. The number of phenolic OH excluding ortho intramolecular Hbond substituents is 1. The van der Waals surface area contributed by atoms with Gasteiger partial charge in [0.2, 0.25) is 15.9 Å². The molecule has 1 aromatic rings. The number of aliphatic carboxylic acids is 1. The van der Waals surface area contributed by atoms with Gasteiger partial charge in [-0.2, -0.15) is 4.31 Å². The molecule has 1 aromatic carbocycles. The minimum atomic E-state index is -3.67. The van der Waals surface area contributed by atoms with Crippen LogP contribution in [0.25, 0.3) is 0 Å². The molecule has 1 amide bonds. The lowest BCUT2D eigenvalue weighted by molar-refractivity contribution is -0.142. The van der Waals surface area contributed by atoms with E-state index in [1.165, 1.54) is 16.4 Å². The number of carbonyl (C=O) groups is 2. The van der Waals surface area contributed by atoms with Crippen molar-refractivity contribution >= 4 is 21.9 Å². The van der Waals surface area contributed by atoms with Crippen molar-refractivity contribution in [3.05, 3.63) is 29.8 Å². The summed E-state index contributed by atoms with van der Waals surface area (Å²) < 4.78 is 26.6. The summed E-state index contributed by atoms with van der Waals surface area (Å²) in [6.07, 6.45) is 11.0. The lowest BCUT2D eigenvalue weighted by atomic mass is 10.0. The van der Waals surface area contributed by atoms with Gasteiger partial charge in [-0.1, -0.05) is 83.8 Å². The van der Waals surface area contributed by atoms with Gasteiger partial charge in [-0.05, 0) is 30.5 Å². The summed E-state index contributed by atoms with van der Waals surface area (Å²) in [4.78, 5) is 25.2. The first-order valence-corrected chi connectivity index (χ1v) is 14.7. The molecule has 35 heavy (non-hydrogen) atoms. The van der Waals surface area contributed by atoms with Crippen molar-refractivity contribution in [2.24, 2.45) is 0 Å². The first kappa shape index (κ1) is 30.9. The Morgan fingerprint density at radius 2 is 1.46 bits per heavy atom. The normalized spacial score (nSPS) is 13.5. The van der Waals surface area contributed by atoms with E-state index in [1.54, 1.807) is 12.1 Å². The maximum absolute atomic E-state index is 13.3. The van der Waals surface area contributed by atoms with E-state index in [1.807, 2.05) is 0 Å². The van der Waals surface area contributed by atoms with Gasteiger partial charge in [0.25, 0.3) is 0 Å². The molecule has 200 valence electrons. The Bertz CT molecular complexity index is 857. The highest BCUT2D eigenvalue weighted by Crippen LogP contribution is 2.18. The van der Waals surface area contributed by atoms with Gasteiger partial charge in [0.05, 0.1) is 6.26 Å². The van der Waals surface area contributed by atoms with Crippen molar-refractivity contribution in [3.8, 4) is 5.75 Å². The van der Waals surface area contributed by atoms with Crippen molar-refractivity contribution in [1.29, 1.82) is 0 Å². The molecule has 0 radical (unpaired) electrons. The van der Waals surface area contributed by atoms with E-state index in [0.717, 1.165) is 57.6 Å². The highest BCUT2D eigenvalue weighted by molar-refractivity contribution is 7.88.